The van der Waals surface area contributed by atoms with Crippen molar-refractivity contribution in [2.45, 2.75) is 25.9 Å². The number of aromatic amines is 1. The van der Waals surface area contributed by atoms with Crippen LogP contribution in [0.4, 0.5) is 0 Å². The van der Waals surface area contributed by atoms with Gasteiger partial charge in [0.2, 0.25) is 11.6 Å². The first-order valence-electron chi connectivity index (χ1n) is 8.09. The highest BCUT2D eigenvalue weighted by atomic mass is 32.2. The molecule has 0 fully saturated rings. The molecule has 2 aromatic heterocycles. The minimum Gasteiger partial charge on any atom is -0.462 e. The lowest BCUT2D eigenvalue weighted by Gasteiger charge is -2.05. The van der Waals surface area contributed by atoms with Gasteiger partial charge in [0.05, 0.1) is 23.5 Å². The molecular weight excluding hydrogens is 372 g/mol. The molecule has 0 radical (unpaired) electrons. The summed E-state index contributed by atoms with van der Waals surface area (Å²) in [7, 11) is 5.07. The number of carbonyl (C=O) groups is 3. The molecule has 0 aromatic carbocycles. The van der Waals surface area contributed by atoms with Gasteiger partial charge in [0.15, 0.2) is 5.78 Å². The number of rotatable bonds is 7. The zero-order valence-corrected chi connectivity index (χ0v) is 17.1. The number of amides is 1. The normalized spacial score (nSPS) is 10.0. The second kappa shape index (κ2) is 10.5. The zero-order chi connectivity index (χ0) is 20.6. The van der Waals surface area contributed by atoms with Gasteiger partial charge in [0.1, 0.15) is 0 Å². The number of carbonyl (C=O) groups excluding carboxylic acids is 3. The number of aryl methyl sites for hydroxylation is 3. The van der Waals surface area contributed by atoms with Crippen molar-refractivity contribution in [2.75, 3.05) is 26.5 Å². The smallest absolute Gasteiger partial charge is 0.340 e. The molecular formula is C16H24N6O4S. The third kappa shape index (κ3) is 6.20. The number of nitrogens with zero attached hydrogens (tertiary/aromatic N) is 5. The summed E-state index contributed by atoms with van der Waals surface area (Å²) in [5.74, 6) is -0.519. The quantitative estimate of drug-likeness (QED) is 0.318. The Balaban J connectivity index is 0.000000646. The van der Waals surface area contributed by atoms with Crippen molar-refractivity contribution in [3.05, 3.63) is 22.5 Å². The van der Waals surface area contributed by atoms with Crippen LogP contribution in [0, 0.1) is 13.8 Å². The van der Waals surface area contributed by atoms with Gasteiger partial charge in [-0.05, 0) is 31.2 Å². The van der Waals surface area contributed by atoms with Gasteiger partial charge in [-0.25, -0.2) is 9.48 Å². The van der Waals surface area contributed by atoms with E-state index < -0.39 is 5.97 Å². The van der Waals surface area contributed by atoms with Crippen LogP contribution in [0.15, 0.2) is 5.16 Å². The summed E-state index contributed by atoms with van der Waals surface area (Å²) in [6, 6.07) is 0. The summed E-state index contributed by atoms with van der Waals surface area (Å²) in [4.78, 5) is 38.4. The Morgan fingerprint density at radius 3 is 2.33 bits per heavy atom. The maximum absolute atomic E-state index is 12.5. The van der Waals surface area contributed by atoms with Gasteiger partial charge in [-0.15, -0.1) is 5.10 Å². The van der Waals surface area contributed by atoms with Crippen molar-refractivity contribution in [2.24, 2.45) is 7.05 Å². The Morgan fingerprint density at radius 1 is 1.26 bits per heavy atom. The van der Waals surface area contributed by atoms with Crippen LogP contribution in [0.2, 0.25) is 0 Å². The number of thioether (sulfide) groups is 1. The highest BCUT2D eigenvalue weighted by molar-refractivity contribution is 7.99. The number of tetrazole rings is 1. The molecule has 0 spiro atoms. The summed E-state index contributed by atoms with van der Waals surface area (Å²) in [6.07, 6.45) is 0.750. The molecule has 0 aliphatic rings. The summed E-state index contributed by atoms with van der Waals surface area (Å²) in [6.45, 7) is 5.49. The van der Waals surface area contributed by atoms with Crippen LogP contribution in [-0.4, -0.2) is 74.7 Å². The minimum absolute atomic E-state index is 0.138. The lowest BCUT2D eigenvalue weighted by atomic mass is 10.1. The summed E-state index contributed by atoms with van der Waals surface area (Å²) in [5, 5.41) is 11.6. The largest absolute Gasteiger partial charge is 0.462 e. The molecule has 1 amide bonds. The minimum atomic E-state index is -0.488. The number of nitrogens with one attached hydrogen (secondary N) is 1. The van der Waals surface area contributed by atoms with Gasteiger partial charge in [0, 0.05) is 32.5 Å². The first kappa shape index (κ1) is 22.4. The van der Waals surface area contributed by atoms with Crippen LogP contribution in [0.1, 0.15) is 39.0 Å². The van der Waals surface area contributed by atoms with E-state index in [1.54, 1.807) is 41.9 Å². The first-order chi connectivity index (χ1) is 12.7. The second-order valence-electron chi connectivity index (χ2n) is 5.71. The van der Waals surface area contributed by atoms with E-state index in [0.29, 0.717) is 27.7 Å². The Labute approximate surface area is 161 Å². The van der Waals surface area contributed by atoms with Crippen molar-refractivity contribution in [1.29, 1.82) is 0 Å². The second-order valence-corrected chi connectivity index (χ2v) is 6.65. The summed E-state index contributed by atoms with van der Waals surface area (Å²) in [5.41, 5.74) is 1.96. The maximum Gasteiger partial charge on any atom is 0.340 e. The van der Waals surface area contributed by atoms with Crippen molar-refractivity contribution in [3.63, 3.8) is 0 Å². The van der Waals surface area contributed by atoms with Crippen LogP contribution in [-0.2, 0) is 16.6 Å². The van der Waals surface area contributed by atoms with E-state index in [9.17, 15) is 14.4 Å². The molecule has 0 aliphatic heterocycles. The Morgan fingerprint density at radius 2 is 1.85 bits per heavy atom. The van der Waals surface area contributed by atoms with Gasteiger partial charge in [-0.1, -0.05) is 11.8 Å². The van der Waals surface area contributed by atoms with Crippen LogP contribution in [0.5, 0.6) is 0 Å². The van der Waals surface area contributed by atoms with E-state index in [-0.39, 0.29) is 18.1 Å². The maximum atomic E-state index is 12.5. The zero-order valence-electron chi connectivity index (χ0n) is 16.3. The number of aromatic nitrogens is 5. The number of ether oxygens (including phenoxy) is 1. The van der Waals surface area contributed by atoms with Crippen molar-refractivity contribution >= 4 is 29.9 Å². The molecule has 0 bridgehead atoms. The van der Waals surface area contributed by atoms with Gasteiger partial charge >= 0.3 is 5.97 Å². The van der Waals surface area contributed by atoms with E-state index in [4.69, 9.17) is 4.74 Å². The van der Waals surface area contributed by atoms with E-state index in [2.05, 4.69) is 20.5 Å². The molecule has 0 saturated carbocycles. The Hall–Kier alpha value is -2.69. The van der Waals surface area contributed by atoms with E-state index in [1.807, 2.05) is 0 Å². The van der Waals surface area contributed by atoms with Gasteiger partial charge in [-0.2, -0.15) is 0 Å². The molecule has 27 heavy (non-hydrogen) atoms. The fourth-order valence-corrected chi connectivity index (χ4v) is 2.86. The lowest BCUT2D eigenvalue weighted by Crippen LogP contribution is -2.13. The standard InChI is InChI=1S/C13H17N5O3S.C3H7NO/c1-5-21-12(20)11-8(3)14-7(2)10(11)9(19)6-22-13-15-16-17-18(13)4;1-4(2)3-5/h14H,5-6H2,1-4H3;3H,1-2H3. The topological polar surface area (TPSA) is 123 Å². The Kier molecular flexibility index (Phi) is 8.66. The number of esters is 1. The third-order valence-electron chi connectivity index (χ3n) is 3.26. The molecule has 0 unspecified atom stereocenters. The average molecular weight is 396 g/mol. The van der Waals surface area contributed by atoms with Crippen LogP contribution in [0.3, 0.4) is 0 Å². The Bertz CT molecular complexity index is 799. The predicted molar refractivity (Wildman–Crippen MR) is 99.8 cm³/mol. The number of Topliss-reactive ketones (excluding diaryl/α,β-unsaturated/α-hetero) is 1. The summed E-state index contributed by atoms with van der Waals surface area (Å²) >= 11 is 1.22. The van der Waals surface area contributed by atoms with E-state index in [1.165, 1.54) is 21.3 Å². The molecule has 2 rings (SSSR count). The van der Waals surface area contributed by atoms with Crippen molar-refractivity contribution in [3.8, 4) is 0 Å². The highest BCUT2D eigenvalue weighted by Gasteiger charge is 2.25. The van der Waals surface area contributed by atoms with Gasteiger partial charge in [0.25, 0.3) is 0 Å². The molecule has 2 aromatic rings. The van der Waals surface area contributed by atoms with Crippen LogP contribution in [0.25, 0.3) is 0 Å². The van der Waals surface area contributed by atoms with Gasteiger partial charge in [-0.3, -0.25) is 9.59 Å². The molecule has 1 N–H and O–H groups in total. The average Bonchev–Trinajstić information content (AvgIpc) is 3.15. The fraction of sp³-hybridized carbons (Fsp3) is 0.500. The summed E-state index contributed by atoms with van der Waals surface area (Å²) < 4.78 is 6.51. The molecule has 0 atom stereocenters. The first-order valence-corrected chi connectivity index (χ1v) is 9.07. The number of hydrogen-bond acceptors (Lipinski definition) is 8. The monoisotopic (exact) mass is 396 g/mol. The van der Waals surface area contributed by atoms with Crippen LogP contribution >= 0.6 is 11.8 Å². The molecule has 0 aliphatic carbocycles. The van der Waals surface area contributed by atoms with E-state index in [0.717, 1.165) is 6.41 Å². The van der Waals surface area contributed by atoms with Crippen molar-refractivity contribution < 1.29 is 19.1 Å². The lowest BCUT2D eigenvalue weighted by molar-refractivity contribution is -0.115. The highest BCUT2D eigenvalue weighted by Crippen LogP contribution is 2.23. The number of H-pyrrole nitrogens is 1. The molecule has 0 saturated heterocycles. The van der Waals surface area contributed by atoms with Crippen molar-refractivity contribution in [1.82, 2.24) is 30.1 Å². The fourth-order valence-electron chi connectivity index (χ4n) is 2.13. The third-order valence-corrected chi connectivity index (χ3v) is 4.27. The molecule has 2 heterocycles. The SMILES string of the molecule is CCOC(=O)c1c(C)[nH]c(C)c1C(=O)CSc1nnnn1C.CN(C)C=O. The number of ketones is 1. The van der Waals surface area contributed by atoms with Gasteiger partial charge < -0.3 is 14.6 Å². The number of hydrogen-bond donors (Lipinski definition) is 1. The molecule has 148 valence electrons. The predicted octanol–water partition coefficient (Wildman–Crippen LogP) is 1.01. The van der Waals surface area contributed by atoms with Crippen LogP contribution < -0.4 is 0 Å². The molecule has 10 nitrogen and oxygen atoms in total. The van der Waals surface area contributed by atoms with E-state index >= 15 is 0 Å². The molecule has 11 heteroatoms.